The molecule has 1 saturated heterocycles. The van der Waals surface area contributed by atoms with Crippen molar-refractivity contribution in [3.05, 3.63) is 78.0 Å². The van der Waals surface area contributed by atoms with E-state index in [1.807, 2.05) is 60.7 Å². The standard InChI is InChI=1S/C22H24N4O3S/c1-30(28,29)26-14-12-24(13-15-26)22(27)20-17-25(16-18-8-4-2-5-9-18)23-21(20)19-10-6-3-7-11-19/h2-11,17H,12-16H2,1H3. The molecule has 2 aromatic carbocycles. The quantitative estimate of drug-likeness (QED) is 0.630. The number of hydrogen-bond donors (Lipinski definition) is 0. The fourth-order valence-corrected chi connectivity index (χ4v) is 4.46. The molecule has 30 heavy (non-hydrogen) atoms. The molecule has 8 heteroatoms. The molecule has 0 radical (unpaired) electrons. The lowest BCUT2D eigenvalue weighted by molar-refractivity contribution is 0.0699. The first-order chi connectivity index (χ1) is 14.4. The van der Waals surface area contributed by atoms with E-state index in [1.54, 1.807) is 15.8 Å². The Labute approximate surface area is 176 Å². The summed E-state index contributed by atoms with van der Waals surface area (Å²) in [6, 6.07) is 19.6. The van der Waals surface area contributed by atoms with Crippen molar-refractivity contribution in [3.63, 3.8) is 0 Å². The summed E-state index contributed by atoms with van der Waals surface area (Å²) < 4.78 is 26.7. The van der Waals surface area contributed by atoms with E-state index < -0.39 is 10.0 Å². The minimum Gasteiger partial charge on any atom is -0.336 e. The Morgan fingerprint density at radius 1 is 0.933 bits per heavy atom. The van der Waals surface area contributed by atoms with Crippen LogP contribution >= 0.6 is 0 Å². The molecule has 1 amide bonds. The Balaban J connectivity index is 1.62. The summed E-state index contributed by atoms with van der Waals surface area (Å²) >= 11 is 0. The van der Waals surface area contributed by atoms with Gasteiger partial charge in [0.1, 0.15) is 5.69 Å². The topological polar surface area (TPSA) is 75.5 Å². The number of carbonyl (C=O) groups is 1. The van der Waals surface area contributed by atoms with Crippen molar-refractivity contribution in [2.45, 2.75) is 6.54 Å². The molecule has 3 aromatic rings. The molecule has 0 aliphatic carbocycles. The molecule has 156 valence electrons. The molecule has 1 aliphatic rings. The van der Waals surface area contributed by atoms with Gasteiger partial charge in [0.05, 0.1) is 18.4 Å². The second kappa shape index (κ2) is 8.41. The van der Waals surface area contributed by atoms with Gasteiger partial charge in [0, 0.05) is 37.9 Å². The third kappa shape index (κ3) is 4.44. The summed E-state index contributed by atoms with van der Waals surface area (Å²) in [6.45, 7) is 1.91. The largest absolute Gasteiger partial charge is 0.336 e. The maximum absolute atomic E-state index is 13.3. The lowest BCUT2D eigenvalue weighted by atomic mass is 10.1. The van der Waals surface area contributed by atoms with Crippen LogP contribution < -0.4 is 0 Å². The van der Waals surface area contributed by atoms with Crippen LogP contribution in [0.3, 0.4) is 0 Å². The van der Waals surface area contributed by atoms with Crippen LogP contribution in [0.15, 0.2) is 66.9 Å². The summed E-state index contributed by atoms with van der Waals surface area (Å²) in [5, 5.41) is 4.71. The molecule has 2 heterocycles. The Kier molecular flexibility index (Phi) is 5.69. The predicted molar refractivity (Wildman–Crippen MR) is 116 cm³/mol. The van der Waals surface area contributed by atoms with Crippen molar-refractivity contribution in [1.29, 1.82) is 0 Å². The van der Waals surface area contributed by atoms with Gasteiger partial charge in [-0.05, 0) is 5.56 Å². The summed E-state index contributed by atoms with van der Waals surface area (Å²) in [5.41, 5.74) is 3.15. The van der Waals surface area contributed by atoms with E-state index in [4.69, 9.17) is 5.10 Å². The zero-order valence-corrected chi connectivity index (χ0v) is 17.6. The maximum atomic E-state index is 13.3. The first-order valence-electron chi connectivity index (χ1n) is 9.83. The lowest BCUT2D eigenvalue weighted by Crippen LogP contribution is -2.50. The Hall–Kier alpha value is -2.97. The van der Waals surface area contributed by atoms with Crippen LogP contribution in [0.4, 0.5) is 0 Å². The van der Waals surface area contributed by atoms with Gasteiger partial charge >= 0.3 is 0 Å². The van der Waals surface area contributed by atoms with Gasteiger partial charge in [0.25, 0.3) is 5.91 Å². The highest BCUT2D eigenvalue weighted by molar-refractivity contribution is 7.88. The number of carbonyl (C=O) groups excluding carboxylic acids is 1. The normalized spacial score (nSPS) is 15.3. The molecule has 0 bridgehead atoms. The minimum absolute atomic E-state index is 0.124. The molecule has 7 nitrogen and oxygen atoms in total. The summed E-state index contributed by atoms with van der Waals surface area (Å²) in [7, 11) is -3.24. The number of benzene rings is 2. The third-order valence-corrected chi connectivity index (χ3v) is 6.52. The van der Waals surface area contributed by atoms with Crippen LogP contribution in [0.2, 0.25) is 0 Å². The molecule has 0 atom stereocenters. The average Bonchev–Trinajstić information content (AvgIpc) is 3.18. The highest BCUT2D eigenvalue weighted by atomic mass is 32.2. The number of rotatable bonds is 5. The van der Waals surface area contributed by atoms with Gasteiger partial charge in [0.15, 0.2) is 0 Å². The fourth-order valence-electron chi connectivity index (χ4n) is 3.63. The van der Waals surface area contributed by atoms with Gasteiger partial charge in [0.2, 0.25) is 10.0 Å². The fraction of sp³-hybridized carbons (Fsp3) is 0.273. The van der Waals surface area contributed by atoms with Gasteiger partial charge in [-0.3, -0.25) is 9.48 Å². The molecule has 0 N–H and O–H groups in total. The van der Waals surface area contributed by atoms with Gasteiger partial charge in [-0.1, -0.05) is 60.7 Å². The van der Waals surface area contributed by atoms with Crippen LogP contribution in [-0.2, 0) is 16.6 Å². The first-order valence-corrected chi connectivity index (χ1v) is 11.7. The average molecular weight is 425 g/mol. The minimum atomic E-state index is -3.24. The van der Waals surface area contributed by atoms with Gasteiger partial charge in [-0.25, -0.2) is 8.42 Å². The van der Waals surface area contributed by atoms with Crippen LogP contribution in [0, 0.1) is 0 Å². The number of nitrogens with zero attached hydrogens (tertiary/aromatic N) is 4. The van der Waals surface area contributed by atoms with E-state index in [0.717, 1.165) is 11.1 Å². The van der Waals surface area contributed by atoms with Crippen molar-refractivity contribution in [1.82, 2.24) is 19.0 Å². The number of aromatic nitrogens is 2. The van der Waals surface area contributed by atoms with Crippen molar-refractivity contribution in [3.8, 4) is 11.3 Å². The van der Waals surface area contributed by atoms with Crippen LogP contribution in [0.1, 0.15) is 15.9 Å². The van der Waals surface area contributed by atoms with E-state index in [2.05, 4.69) is 0 Å². The number of sulfonamides is 1. The maximum Gasteiger partial charge on any atom is 0.257 e. The molecular formula is C22H24N4O3S. The second-order valence-electron chi connectivity index (χ2n) is 7.39. The Morgan fingerprint density at radius 2 is 1.53 bits per heavy atom. The summed E-state index contributed by atoms with van der Waals surface area (Å²) in [5.74, 6) is -0.124. The van der Waals surface area contributed by atoms with Gasteiger partial charge in [-0.2, -0.15) is 9.40 Å². The van der Waals surface area contributed by atoms with Gasteiger partial charge in [-0.15, -0.1) is 0 Å². The zero-order chi connectivity index (χ0) is 21.1. The molecule has 1 aliphatic heterocycles. The highest BCUT2D eigenvalue weighted by Crippen LogP contribution is 2.24. The van der Waals surface area contributed by atoms with E-state index in [9.17, 15) is 13.2 Å². The highest BCUT2D eigenvalue weighted by Gasteiger charge is 2.29. The molecule has 0 spiro atoms. The van der Waals surface area contributed by atoms with Gasteiger partial charge < -0.3 is 4.90 Å². The Morgan fingerprint density at radius 3 is 2.13 bits per heavy atom. The predicted octanol–water partition coefficient (Wildman–Crippen LogP) is 2.32. The molecule has 1 aromatic heterocycles. The third-order valence-electron chi connectivity index (χ3n) is 5.22. The molecule has 1 fully saturated rings. The van der Waals surface area contributed by atoms with Crippen LogP contribution in [0.5, 0.6) is 0 Å². The Bertz CT molecular complexity index is 1120. The van der Waals surface area contributed by atoms with E-state index in [0.29, 0.717) is 44.0 Å². The van der Waals surface area contributed by atoms with Crippen LogP contribution in [-0.4, -0.2) is 65.7 Å². The van der Waals surface area contributed by atoms with E-state index in [1.165, 1.54) is 10.6 Å². The molecule has 4 rings (SSSR count). The van der Waals surface area contributed by atoms with Crippen molar-refractivity contribution in [2.75, 3.05) is 32.4 Å². The lowest BCUT2D eigenvalue weighted by Gasteiger charge is -2.33. The van der Waals surface area contributed by atoms with E-state index >= 15 is 0 Å². The monoisotopic (exact) mass is 424 g/mol. The van der Waals surface area contributed by atoms with Crippen molar-refractivity contribution < 1.29 is 13.2 Å². The number of amides is 1. The molecule has 0 unspecified atom stereocenters. The first kappa shape index (κ1) is 20.3. The zero-order valence-electron chi connectivity index (χ0n) is 16.8. The van der Waals surface area contributed by atoms with Crippen molar-refractivity contribution in [2.24, 2.45) is 0 Å². The SMILES string of the molecule is CS(=O)(=O)N1CCN(C(=O)c2cn(Cc3ccccc3)nc2-c2ccccc2)CC1. The van der Waals surface area contributed by atoms with E-state index in [-0.39, 0.29) is 5.91 Å². The number of piperazine rings is 1. The van der Waals surface area contributed by atoms with Crippen molar-refractivity contribution >= 4 is 15.9 Å². The summed E-state index contributed by atoms with van der Waals surface area (Å²) in [6.07, 6.45) is 2.99. The summed E-state index contributed by atoms with van der Waals surface area (Å²) in [4.78, 5) is 15.0. The smallest absolute Gasteiger partial charge is 0.257 e. The van der Waals surface area contributed by atoms with Crippen LogP contribution in [0.25, 0.3) is 11.3 Å². The molecular weight excluding hydrogens is 400 g/mol. The molecule has 0 saturated carbocycles. The second-order valence-corrected chi connectivity index (χ2v) is 9.38. The number of hydrogen-bond acceptors (Lipinski definition) is 4.